The maximum atomic E-state index is 10.1. The smallest absolute Gasteiger partial charge is 0.129 e. The monoisotopic (exact) mass is 254 g/mol. The van der Waals surface area contributed by atoms with Crippen molar-refractivity contribution in [2.75, 3.05) is 5.73 Å². The van der Waals surface area contributed by atoms with Crippen molar-refractivity contribution < 1.29 is 5.11 Å². The summed E-state index contributed by atoms with van der Waals surface area (Å²) >= 11 is 7.22. The van der Waals surface area contributed by atoms with Crippen LogP contribution in [0.4, 0.5) is 5.82 Å². The maximum absolute atomic E-state index is 10.1. The lowest BCUT2D eigenvalue weighted by atomic mass is 10.1. The molecule has 0 fully saturated rings. The van der Waals surface area contributed by atoms with E-state index in [-0.39, 0.29) is 0 Å². The molecule has 5 heteroatoms. The molecule has 1 unspecified atom stereocenters. The van der Waals surface area contributed by atoms with E-state index in [1.165, 1.54) is 11.3 Å². The summed E-state index contributed by atoms with van der Waals surface area (Å²) in [5.74, 6) is 0.350. The Hall–Kier alpha value is -1.10. The molecule has 2 heterocycles. The van der Waals surface area contributed by atoms with Crippen LogP contribution >= 0.6 is 22.9 Å². The summed E-state index contributed by atoms with van der Waals surface area (Å²) in [6, 6.07) is 3.57. The van der Waals surface area contributed by atoms with E-state index in [4.69, 9.17) is 17.3 Å². The summed E-state index contributed by atoms with van der Waals surface area (Å²) < 4.78 is 0. The number of aliphatic hydroxyl groups is 1. The molecule has 2 aromatic rings. The third-order valence-corrected chi connectivity index (χ3v) is 3.57. The molecule has 0 amide bonds. The first-order valence-corrected chi connectivity index (χ1v) is 5.97. The van der Waals surface area contributed by atoms with Gasteiger partial charge < -0.3 is 10.8 Å². The Labute approximate surface area is 103 Å². The fraction of sp³-hybridized carbons (Fsp3) is 0.182. The number of aromatic nitrogens is 1. The Morgan fingerprint density at radius 1 is 1.50 bits per heavy atom. The summed E-state index contributed by atoms with van der Waals surface area (Å²) in [6.07, 6.45) is 0.914. The van der Waals surface area contributed by atoms with Gasteiger partial charge in [0.1, 0.15) is 11.9 Å². The molecular weight excluding hydrogens is 244 g/mol. The summed E-state index contributed by atoms with van der Waals surface area (Å²) in [5, 5.41) is 12.5. The lowest BCUT2D eigenvalue weighted by molar-refractivity contribution is 0.224. The van der Waals surface area contributed by atoms with Crippen molar-refractivity contribution in [3.63, 3.8) is 0 Å². The molecular formula is C11H11ClN2OS. The third-order valence-electron chi connectivity index (χ3n) is 2.24. The highest BCUT2D eigenvalue weighted by Crippen LogP contribution is 2.31. The van der Waals surface area contributed by atoms with Crippen LogP contribution in [0.25, 0.3) is 0 Å². The van der Waals surface area contributed by atoms with Crippen molar-refractivity contribution in [2.45, 2.75) is 13.0 Å². The van der Waals surface area contributed by atoms with E-state index in [1.807, 2.05) is 13.0 Å². The van der Waals surface area contributed by atoms with Crippen molar-refractivity contribution in [2.24, 2.45) is 0 Å². The Bertz CT molecular complexity index is 512. The van der Waals surface area contributed by atoms with E-state index < -0.39 is 6.10 Å². The predicted molar refractivity (Wildman–Crippen MR) is 66.8 cm³/mol. The second-order valence-electron chi connectivity index (χ2n) is 3.56. The number of halogens is 1. The zero-order valence-corrected chi connectivity index (χ0v) is 10.2. The van der Waals surface area contributed by atoms with Gasteiger partial charge in [-0.2, -0.15) is 0 Å². The first-order valence-electron chi connectivity index (χ1n) is 4.72. The zero-order chi connectivity index (χ0) is 11.7. The maximum Gasteiger partial charge on any atom is 0.129 e. The fourth-order valence-corrected chi connectivity index (χ4v) is 2.53. The fourth-order valence-electron chi connectivity index (χ4n) is 1.45. The van der Waals surface area contributed by atoms with Crippen molar-refractivity contribution >= 4 is 28.8 Å². The number of aryl methyl sites for hydroxylation is 1. The first-order chi connectivity index (χ1) is 7.58. The van der Waals surface area contributed by atoms with E-state index in [9.17, 15) is 5.11 Å². The highest BCUT2D eigenvalue weighted by atomic mass is 35.5. The third kappa shape index (κ3) is 2.19. The Balaban J connectivity index is 2.40. The second-order valence-corrected chi connectivity index (χ2v) is 4.94. The highest BCUT2D eigenvalue weighted by Gasteiger charge is 2.16. The molecule has 0 saturated heterocycles. The molecule has 0 aliphatic heterocycles. The van der Waals surface area contributed by atoms with Crippen LogP contribution in [0.5, 0.6) is 0 Å². The van der Waals surface area contributed by atoms with Crippen molar-refractivity contribution in [3.05, 3.63) is 44.7 Å². The second kappa shape index (κ2) is 4.41. The molecule has 2 rings (SSSR count). The SMILES string of the molecule is Cc1cnc(N)c(C(O)c2cc(Cl)cs2)c1. The number of pyridine rings is 1. The van der Waals surface area contributed by atoms with Gasteiger partial charge in [-0.25, -0.2) is 4.98 Å². The quantitative estimate of drug-likeness (QED) is 0.866. The van der Waals surface area contributed by atoms with Crippen LogP contribution in [-0.2, 0) is 0 Å². The number of aliphatic hydroxyl groups excluding tert-OH is 1. The van der Waals surface area contributed by atoms with Crippen LogP contribution in [0.15, 0.2) is 23.7 Å². The first kappa shape index (κ1) is 11.4. The standard InChI is InChI=1S/C11H11ClN2OS/c1-6-2-8(11(13)14-4-6)10(15)9-3-7(12)5-16-9/h2-5,10,15H,1H3,(H2,13,14). The average Bonchev–Trinajstić information content (AvgIpc) is 2.67. The van der Waals surface area contributed by atoms with Crippen molar-refractivity contribution in [1.82, 2.24) is 4.98 Å². The van der Waals surface area contributed by atoms with Gasteiger partial charge in [0.05, 0.1) is 5.02 Å². The molecule has 16 heavy (non-hydrogen) atoms. The summed E-state index contributed by atoms with van der Waals surface area (Å²) in [5.41, 5.74) is 7.32. The Morgan fingerprint density at radius 3 is 2.88 bits per heavy atom. The van der Waals surface area contributed by atoms with Crippen LogP contribution in [0, 0.1) is 6.92 Å². The Morgan fingerprint density at radius 2 is 2.25 bits per heavy atom. The highest BCUT2D eigenvalue weighted by molar-refractivity contribution is 7.10. The molecule has 3 N–H and O–H groups in total. The molecule has 0 spiro atoms. The van der Waals surface area contributed by atoms with Crippen molar-refractivity contribution in [1.29, 1.82) is 0 Å². The van der Waals surface area contributed by atoms with Gasteiger partial charge in [0, 0.05) is 22.0 Å². The van der Waals surface area contributed by atoms with Gasteiger partial charge in [-0.05, 0) is 24.6 Å². The molecule has 0 bridgehead atoms. The number of nitrogens with two attached hydrogens (primary N) is 1. The van der Waals surface area contributed by atoms with Crippen LogP contribution in [0.1, 0.15) is 22.1 Å². The van der Waals surface area contributed by atoms with Gasteiger partial charge in [0.15, 0.2) is 0 Å². The van der Waals surface area contributed by atoms with Gasteiger partial charge in [-0.3, -0.25) is 0 Å². The number of rotatable bonds is 2. The molecule has 84 valence electrons. The lowest BCUT2D eigenvalue weighted by Gasteiger charge is -2.11. The van der Waals surface area contributed by atoms with Crippen LogP contribution in [0.2, 0.25) is 5.02 Å². The number of nitrogen functional groups attached to an aromatic ring is 1. The molecule has 1 atom stereocenters. The number of hydrogen-bond donors (Lipinski definition) is 2. The van der Waals surface area contributed by atoms with Gasteiger partial charge in [-0.1, -0.05) is 11.6 Å². The van der Waals surface area contributed by atoms with E-state index >= 15 is 0 Å². The normalized spacial score (nSPS) is 12.7. The van der Waals surface area contributed by atoms with E-state index in [0.717, 1.165) is 10.4 Å². The van der Waals surface area contributed by atoms with E-state index in [0.29, 0.717) is 16.4 Å². The Kier molecular flexibility index (Phi) is 3.14. The van der Waals surface area contributed by atoms with Crippen LogP contribution in [-0.4, -0.2) is 10.1 Å². The molecule has 0 radical (unpaired) electrons. The molecule has 3 nitrogen and oxygen atoms in total. The number of hydrogen-bond acceptors (Lipinski definition) is 4. The largest absolute Gasteiger partial charge is 0.383 e. The average molecular weight is 255 g/mol. The summed E-state index contributed by atoms with van der Waals surface area (Å²) in [7, 11) is 0. The summed E-state index contributed by atoms with van der Waals surface area (Å²) in [4.78, 5) is 4.79. The molecule has 0 aliphatic carbocycles. The van der Waals surface area contributed by atoms with Crippen LogP contribution < -0.4 is 5.73 Å². The van der Waals surface area contributed by atoms with E-state index in [2.05, 4.69) is 4.98 Å². The number of anilines is 1. The molecule has 0 aliphatic rings. The van der Waals surface area contributed by atoms with Crippen LogP contribution in [0.3, 0.4) is 0 Å². The van der Waals surface area contributed by atoms with Gasteiger partial charge >= 0.3 is 0 Å². The zero-order valence-electron chi connectivity index (χ0n) is 8.64. The summed E-state index contributed by atoms with van der Waals surface area (Å²) in [6.45, 7) is 1.91. The molecule has 0 aromatic carbocycles. The minimum absolute atomic E-state index is 0.350. The van der Waals surface area contributed by atoms with E-state index in [1.54, 1.807) is 17.6 Å². The minimum atomic E-state index is -0.759. The molecule has 0 saturated carbocycles. The van der Waals surface area contributed by atoms with Gasteiger partial charge in [-0.15, -0.1) is 11.3 Å². The van der Waals surface area contributed by atoms with Crippen molar-refractivity contribution in [3.8, 4) is 0 Å². The number of nitrogens with zero attached hydrogens (tertiary/aromatic N) is 1. The topological polar surface area (TPSA) is 59.1 Å². The van der Waals surface area contributed by atoms with Gasteiger partial charge in [0.2, 0.25) is 0 Å². The minimum Gasteiger partial charge on any atom is -0.383 e. The predicted octanol–water partition coefficient (Wildman–Crippen LogP) is 2.77. The molecule has 2 aromatic heterocycles. The number of thiophene rings is 1. The van der Waals surface area contributed by atoms with Gasteiger partial charge in [0.25, 0.3) is 0 Å². The lowest BCUT2D eigenvalue weighted by Crippen LogP contribution is -2.04.